The van der Waals surface area contributed by atoms with Crippen molar-refractivity contribution in [3.8, 4) is 0 Å². The van der Waals surface area contributed by atoms with Crippen LogP contribution in [0.25, 0.3) is 11.0 Å². The highest BCUT2D eigenvalue weighted by Gasteiger charge is 2.19. The average molecular weight is 227 g/mol. The molecule has 1 heterocycles. The number of hydrogen-bond acceptors (Lipinski definition) is 4. The molecule has 6 nitrogen and oxygen atoms in total. The molecule has 1 N–H and O–H groups in total. The second kappa shape index (κ2) is 3.33. The maximum Gasteiger partial charge on any atom is 0.430 e. The molecule has 16 heavy (non-hydrogen) atoms. The molecular weight excluding hydrogens is 224 g/mol. The maximum atomic E-state index is 13.2. The molecule has 8 heteroatoms. The first-order chi connectivity index (χ1) is 7.49. The first-order valence-corrected chi connectivity index (χ1v) is 4.02. The van der Waals surface area contributed by atoms with Gasteiger partial charge in [0.25, 0.3) is 0 Å². The number of nitrogens with one attached hydrogen (secondary N) is 1. The fourth-order valence-electron chi connectivity index (χ4n) is 1.23. The molecule has 2 rings (SSSR count). The molecule has 1 aromatic heterocycles. The largest absolute Gasteiger partial charge is 0.430 e. The molecule has 0 fully saturated rings. The Labute approximate surface area is 85.7 Å². The topological polar surface area (TPSA) is 88.9 Å². The molecule has 0 atom stereocenters. The van der Waals surface area contributed by atoms with Crippen LogP contribution >= 0.6 is 0 Å². The van der Waals surface area contributed by atoms with E-state index < -0.39 is 33.5 Å². The molecular formula is C8H3F2N3O3. The summed E-state index contributed by atoms with van der Waals surface area (Å²) in [6.45, 7) is 0. The molecule has 0 bridgehead atoms. The lowest BCUT2D eigenvalue weighted by atomic mass is 10.3. The number of nitrogens with zero attached hydrogens (tertiary/aromatic N) is 2. The number of aromatic amines is 1. The standard InChI is InChI=1S/C8H3F2N3O3/c9-3-1-4(10)6-5(2-3)11-8(14)7(12-6)13(15)16/h1-2H,(H,11,14). The van der Waals surface area contributed by atoms with Gasteiger partial charge in [0.2, 0.25) is 5.52 Å². The summed E-state index contributed by atoms with van der Waals surface area (Å²) in [6, 6.07) is 1.36. The zero-order chi connectivity index (χ0) is 11.9. The van der Waals surface area contributed by atoms with Crippen molar-refractivity contribution in [1.82, 2.24) is 9.97 Å². The van der Waals surface area contributed by atoms with E-state index in [-0.39, 0.29) is 5.52 Å². The van der Waals surface area contributed by atoms with Crippen LogP contribution in [0.2, 0.25) is 0 Å². The number of halogens is 2. The number of aromatic nitrogens is 2. The lowest BCUT2D eigenvalue weighted by Crippen LogP contribution is -2.14. The van der Waals surface area contributed by atoms with Crippen molar-refractivity contribution < 1.29 is 13.7 Å². The summed E-state index contributed by atoms with van der Waals surface area (Å²) in [6.07, 6.45) is 0. The number of nitro groups is 1. The quantitative estimate of drug-likeness (QED) is 0.583. The predicted octanol–water partition coefficient (Wildman–Crippen LogP) is 1.11. The molecule has 0 unspecified atom stereocenters. The predicted molar refractivity (Wildman–Crippen MR) is 48.9 cm³/mol. The van der Waals surface area contributed by atoms with Gasteiger partial charge in [-0.25, -0.2) is 8.78 Å². The van der Waals surface area contributed by atoms with Gasteiger partial charge in [-0.15, -0.1) is 0 Å². The summed E-state index contributed by atoms with van der Waals surface area (Å²) in [5.74, 6) is -3.01. The summed E-state index contributed by atoms with van der Waals surface area (Å²) >= 11 is 0. The summed E-state index contributed by atoms with van der Waals surface area (Å²) < 4.78 is 25.9. The zero-order valence-corrected chi connectivity index (χ0v) is 7.53. The fraction of sp³-hybridized carbons (Fsp3) is 0. The van der Waals surface area contributed by atoms with E-state index >= 15 is 0 Å². The van der Waals surface area contributed by atoms with Gasteiger partial charge in [-0.1, -0.05) is 0 Å². The van der Waals surface area contributed by atoms with E-state index in [2.05, 4.69) is 4.98 Å². The van der Waals surface area contributed by atoms with Crippen LogP contribution in [0.5, 0.6) is 0 Å². The van der Waals surface area contributed by atoms with E-state index in [1.54, 1.807) is 0 Å². The second-order valence-electron chi connectivity index (χ2n) is 2.93. The molecule has 0 aliphatic carbocycles. The van der Waals surface area contributed by atoms with Crippen molar-refractivity contribution >= 4 is 16.9 Å². The zero-order valence-electron chi connectivity index (χ0n) is 7.53. The molecule has 0 radical (unpaired) electrons. The summed E-state index contributed by atoms with van der Waals surface area (Å²) in [5.41, 5.74) is -1.79. The van der Waals surface area contributed by atoms with E-state index in [1.165, 1.54) is 0 Å². The van der Waals surface area contributed by atoms with Gasteiger partial charge in [0, 0.05) is 12.1 Å². The smallest absolute Gasteiger partial charge is 0.358 e. The third-order valence-electron chi connectivity index (χ3n) is 1.87. The van der Waals surface area contributed by atoms with Crippen LogP contribution in [0.1, 0.15) is 0 Å². The van der Waals surface area contributed by atoms with E-state index in [1.807, 2.05) is 4.98 Å². The van der Waals surface area contributed by atoms with Crippen LogP contribution in [-0.4, -0.2) is 14.9 Å². The third-order valence-corrected chi connectivity index (χ3v) is 1.87. The normalized spacial score (nSPS) is 10.6. The average Bonchev–Trinajstić information content (AvgIpc) is 2.15. The Balaban J connectivity index is 2.90. The highest BCUT2D eigenvalue weighted by Crippen LogP contribution is 2.16. The first kappa shape index (κ1) is 10.1. The Hall–Kier alpha value is -2.38. The van der Waals surface area contributed by atoms with Gasteiger partial charge in [-0.3, -0.25) is 4.79 Å². The van der Waals surface area contributed by atoms with Crippen LogP contribution in [-0.2, 0) is 0 Å². The minimum atomic E-state index is -1.11. The van der Waals surface area contributed by atoms with Gasteiger partial charge >= 0.3 is 11.4 Å². The molecule has 2 aromatic rings. The van der Waals surface area contributed by atoms with Gasteiger partial charge in [-0.2, -0.15) is 0 Å². The van der Waals surface area contributed by atoms with Crippen molar-refractivity contribution in [2.45, 2.75) is 0 Å². The van der Waals surface area contributed by atoms with Crippen molar-refractivity contribution in [2.24, 2.45) is 0 Å². The Bertz CT molecular complexity index is 653. The number of hydrogen-bond donors (Lipinski definition) is 1. The number of H-pyrrole nitrogens is 1. The Kier molecular flexibility index (Phi) is 2.11. The lowest BCUT2D eigenvalue weighted by molar-refractivity contribution is -0.390. The maximum absolute atomic E-state index is 13.2. The number of fused-ring (bicyclic) bond motifs is 1. The van der Waals surface area contributed by atoms with Crippen LogP contribution in [0.15, 0.2) is 16.9 Å². The van der Waals surface area contributed by atoms with E-state index in [0.29, 0.717) is 6.07 Å². The highest BCUT2D eigenvalue weighted by atomic mass is 19.1. The second-order valence-corrected chi connectivity index (χ2v) is 2.93. The Morgan fingerprint density at radius 2 is 2.06 bits per heavy atom. The molecule has 0 amide bonds. The minimum Gasteiger partial charge on any atom is -0.358 e. The van der Waals surface area contributed by atoms with Gasteiger partial charge in [-0.05, 0) is 9.91 Å². The summed E-state index contributed by atoms with van der Waals surface area (Å²) in [7, 11) is 0. The van der Waals surface area contributed by atoms with E-state index in [9.17, 15) is 23.7 Å². The third kappa shape index (κ3) is 1.49. The SMILES string of the molecule is O=c1[nH]c2cc(F)cc(F)c2nc1[N+](=O)[O-]. The van der Waals surface area contributed by atoms with E-state index in [4.69, 9.17) is 0 Å². The number of benzene rings is 1. The molecule has 0 aliphatic rings. The van der Waals surface area contributed by atoms with Crippen molar-refractivity contribution in [2.75, 3.05) is 0 Å². The Morgan fingerprint density at radius 1 is 1.38 bits per heavy atom. The van der Waals surface area contributed by atoms with Gasteiger partial charge in [0.1, 0.15) is 5.82 Å². The summed E-state index contributed by atoms with van der Waals surface area (Å²) in [5, 5.41) is 10.4. The minimum absolute atomic E-state index is 0.229. The molecule has 82 valence electrons. The van der Waals surface area contributed by atoms with Crippen LogP contribution in [0.4, 0.5) is 14.6 Å². The van der Waals surface area contributed by atoms with Crippen molar-refractivity contribution in [1.29, 1.82) is 0 Å². The molecule has 0 spiro atoms. The molecule has 0 saturated heterocycles. The molecule has 0 aliphatic heterocycles. The van der Waals surface area contributed by atoms with Crippen LogP contribution < -0.4 is 5.56 Å². The molecule has 0 saturated carbocycles. The van der Waals surface area contributed by atoms with Crippen molar-refractivity contribution in [3.63, 3.8) is 0 Å². The lowest BCUT2D eigenvalue weighted by Gasteiger charge is -1.96. The molecule has 1 aromatic carbocycles. The fourth-order valence-corrected chi connectivity index (χ4v) is 1.23. The van der Waals surface area contributed by atoms with Gasteiger partial charge in [0.15, 0.2) is 5.82 Å². The van der Waals surface area contributed by atoms with E-state index in [0.717, 1.165) is 6.07 Å². The monoisotopic (exact) mass is 227 g/mol. The van der Waals surface area contributed by atoms with Crippen LogP contribution in [0, 0.1) is 21.7 Å². The highest BCUT2D eigenvalue weighted by molar-refractivity contribution is 5.75. The number of rotatable bonds is 1. The van der Waals surface area contributed by atoms with Gasteiger partial charge < -0.3 is 15.1 Å². The van der Waals surface area contributed by atoms with Crippen molar-refractivity contribution in [3.05, 3.63) is 44.2 Å². The summed E-state index contributed by atoms with van der Waals surface area (Å²) in [4.78, 5) is 25.6. The van der Waals surface area contributed by atoms with Gasteiger partial charge in [0.05, 0.1) is 5.52 Å². The Morgan fingerprint density at radius 3 is 2.69 bits per heavy atom. The first-order valence-electron chi connectivity index (χ1n) is 4.02. The van der Waals surface area contributed by atoms with Crippen LogP contribution in [0.3, 0.4) is 0 Å².